The van der Waals surface area contributed by atoms with E-state index in [-0.39, 0.29) is 4.90 Å². The molecule has 4 fully saturated rings. The summed E-state index contributed by atoms with van der Waals surface area (Å²) in [6.45, 7) is 9.29. The molecule has 0 aliphatic heterocycles. The first-order chi connectivity index (χ1) is 18.4. The van der Waals surface area contributed by atoms with Crippen LogP contribution in [0, 0.1) is 46.3 Å². The number of fused-ring (bicyclic) bond motifs is 5. The summed E-state index contributed by atoms with van der Waals surface area (Å²) < 4.78 is 33.1. The number of nitrogens with two attached hydrogens (primary N) is 1. The largest absolute Gasteiger partial charge is 0.497 e. The van der Waals surface area contributed by atoms with E-state index in [4.69, 9.17) is 10.5 Å². The van der Waals surface area contributed by atoms with E-state index in [0.29, 0.717) is 34.8 Å². The molecule has 0 saturated heterocycles. The summed E-state index contributed by atoms with van der Waals surface area (Å²) >= 11 is 0. The molecule has 2 N–H and O–H groups in total. The van der Waals surface area contributed by atoms with Gasteiger partial charge in [-0.2, -0.15) is 0 Å². The zero-order chi connectivity index (χ0) is 28.2. The Balaban J connectivity index is 1.31. The molecule has 9 atom stereocenters. The number of sulfonamides is 1. The van der Waals surface area contributed by atoms with Crippen LogP contribution in [0.4, 0.5) is 4.79 Å². The lowest BCUT2D eigenvalue weighted by molar-refractivity contribution is -0.114. The average Bonchev–Trinajstić information content (AvgIpc) is 3.25. The number of rotatable bonds is 7. The van der Waals surface area contributed by atoms with Gasteiger partial charge in [0.05, 0.1) is 12.0 Å². The zero-order valence-electron chi connectivity index (χ0n) is 24.7. The first-order valence-electron chi connectivity index (χ1n) is 15.4. The van der Waals surface area contributed by atoms with Crippen LogP contribution < -0.4 is 10.5 Å². The number of methoxy groups -OCH3 is 1. The number of nitrogens with zero attached hydrogens (tertiary/aromatic N) is 1. The number of urea groups is 1. The fourth-order valence-corrected chi connectivity index (χ4v) is 12.0. The highest BCUT2D eigenvalue weighted by molar-refractivity contribution is 7.89. The average molecular weight is 559 g/mol. The second kappa shape index (κ2) is 10.6. The number of primary amides is 1. The van der Waals surface area contributed by atoms with E-state index < -0.39 is 22.1 Å². The number of ether oxygens (including phenoxy) is 1. The van der Waals surface area contributed by atoms with Crippen LogP contribution in [0.15, 0.2) is 29.2 Å². The topological polar surface area (TPSA) is 89.7 Å². The van der Waals surface area contributed by atoms with Gasteiger partial charge in [-0.3, -0.25) is 0 Å². The summed E-state index contributed by atoms with van der Waals surface area (Å²) in [4.78, 5) is 12.6. The standard InChI is InChI=1S/C32H50N2O4S/c1-21(20-22(2)34(30(33)35)39(36,37)25-12-10-24(38-5)11-13-25)27-15-16-28-26-14-9-23-8-6-7-18-31(23,3)29(26)17-19-32(27,28)4/h10-13,21-23,26-29H,6-9,14-20H2,1-5H3,(H2,33,35)/t21-,22?,23?,26+,27-,28+,29+,31+,32-/m1/s1. The summed E-state index contributed by atoms with van der Waals surface area (Å²) in [6.07, 6.45) is 14.3. The van der Waals surface area contributed by atoms with Crippen molar-refractivity contribution in [3.8, 4) is 5.75 Å². The van der Waals surface area contributed by atoms with Crippen LogP contribution in [0.25, 0.3) is 0 Å². The summed E-state index contributed by atoms with van der Waals surface area (Å²) in [6, 6.07) is 4.71. The van der Waals surface area contributed by atoms with Crippen LogP contribution in [-0.2, 0) is 10.0 Å². The fourth-order valence-electron chi connectivity index (χ4n) is 10.5. The van der Waals surface area contributed by atoms with Gasteiger partial charge in [0, 0.05) is 6.04 Å². The Bertz CT molecular complexity index is 1150. The molecule has 39 heavy (non-hydrogen) atoms. The Morgan fingerprint density at radius 3 is 2.33 bits per heavy atom. The van der Waals surface area contributed by atoms with Gasteiger partial charge in [0.25, 0.3) is 10.0 Å². The third kappa shape index (κ3) is 4.78. The van der Waals surface area contributed by atoms with Crippen LogP contribution in [-0.4, -0.2) is 31.9 Å². The Labute approximate surface area is 236 Å². The van der Waals surface area contributed by atoms with Crippen molar-refractivity contribution in [2.45, 2.75) is 109 Å². The van der Waals surface area contributed by atoms with E-state index in [2.05, 4.69) is 20.8 Å². The van der Waals surface area contributed by atoms with Crippen LogP contribution in [0.1, 0.15) is 98.3 Å². The highest BCUT2D eigenvalue weighted by Gasteiger charge is 2.60. The molecule has 2 unspecified atom stereocenters. The van der Waals surface area contributed by atoms with Crippen molar-refractivity contribution in [1.29, 1.82) is 0 Å². The van der Waals surface area contributed by atoms with Gasteiger partial charge in [-0.05, 0) is 135 Å². The molecule has 6 nitrogen and oxygen atoms in total. The predicted octanol–water partition coefficient (Wildman–Crippen LogP) is 7.23. The van der Waals surface area contributed by atoms with Crippen molar-refractivity contribution in [1.82, 2.24) is 4.31 Å². The third-order valence-electron chi connectivity index (χ3n) is 12.3. The SMILES string of the molecule is COc1ccc(S(=O)(=O)N(C(N)=O)C(C)C[C@@H](C)[C@H]2CC[C@H]3[C@@H]4CCC5CCCC[C@]5(C)[C@H]4CC[C@]23C)cc1. The van der Waals surface area contributed by atoms with Gasteiger partial charge in [-0.15, -0.1) is 0 Å². The summed E-state index contributed by atoms with van der Waals surface area (Å²) in [5.41, 5.74) is 6.54. The Morgan fingerprint density at radius 1 is 0.974 bits per heavy atom. The molecule has 1 aromatic carbocycles. The van der Waals surface area contributed by atoms with Gasteiger partial charge in [-0.25, -0.2) is 17.5 Å². The Kier molecular flexibility index (Phi) is 7.80. The van der Waals surface area contributed by atoms with E-state index in [1.54, 1.807) is 12.1 Å². The van der Waals surface area contributed by atoms with Gasteiger partial charge in [0.2, 0.25) is 0 Å². The maximum Gasteiger partial charge on any atom is 0.328 e. The van der Waals surface area contributed by atoms with Gasteiger partial charge in [-0.1, -0.05) is 33.6 Å². The Morgan fingerprint density at radius 2 is 1.67 bits per heavy atom. The van der Waals surface area contributed by atoms with Crippen molar-refractivity contribution in [2.75, 3.05) is 7.11 Å². The maximum absolute atomic E-state index is 13.5. The van der Waals surface area contributed by atoms with E-state index in [1.165, 1.54) is 83.5 Å². The van der Waals surface area contributed by atoms with Crippen LogP contribution in [0.2, 0.25) is 0 Å². The van der Waals surface area contributed by atoms with E-state index in [0.717, 1.165) is 28.0 Å². The van der Waals surface area contributed by atoms with Gasteiger partial charge >= 0.3 is 6.03 Å². The molecule has 0 heterocycles. The molecule has 5 rings (SSSR count). The lowest BCUT2D eigenvalue weighted by Gasteiger charge is -2.61. The highest BCUT2D eigenvalue weighted by atomic mass is 32.2. The minimum absolute atomic E-state index is 0.0552. The molecule has 0 radical (unpaired) electrons. The summed E-state index contributed by atoms with van der Waals surface area (Å²) in [5, 5.41) is 0. The number of amides is 2. The number of carbonyl (C=O) groups is 1. The molecule has 2 amide bonds. The molecule has 1 aromatic rings. The molecule has 4 saturated carbocycles. The zero-order valence-corrected chi connectivity index (χ0v) is 25.5. The molecule has 7 heteroatoms. The number of carbonyl (C=O) groups excluding carboxylic acids is 1. The first kappa shape index (κ1) is 28.8. The lowest BCUT2D eigenvalue weighted by atomic mass is 9.44. The number of hydrogen-bond acceptors (Lipinski definition) is 4. The molecule has 4 aliphatic carbocycles. The van der Waals surface area contributed by atoms with E-state index in [9.17, 15) is 13.2 Å². The van der Waals surface area contributed by atoms with Gasteiger partial charge < -0.3 is 10.5 Å². The number of hydrogen-bond donors (Lipinski definition) is 1. The van der Waals surface area contributed by atoms with Crippen molar-refractivity contribution in [3.63, 3.8) is 0 Å². The molecular weight excluding hydrogens is 508 g/mol. The van der Waals surface area contributed by atoms with Crippen LogP contribution in [0.3, 0.4) is 0 Å². The van der Waals surface area contributed by atoms with Crippen LogP contribution in [0.5, 0.6) is 5.75 Å². The molecular formula is C32H50N2O4S. The molecule has 0 bridgehead atoms. The van der Waals surface area contributed by atoms with E-state index in [1.807, 2.05) is 6.92 Å². The monoisotopic (exact) mass is 558 g/mol. The Hall–Kier alpha value is -1.76. The van der Waals surface area contributed by atoms with Gasteiger partial charge in [0.1, 0.15) is 5.75 Å². The number of benzene rings is 1. The van der Waals surface area contributed by atoms with Crippen molar-refractivity contribution < 1.29 is 17.9 Å². The first-order valence-corrected chi connectivity index (χ1v) is 16.9. The summed E-state index contributed by atoms with van der Waals surface area (Å²) in [5.74, 6) is 4.83. The molecule has 218 valence electrons. The van der Waals surface area contributed by atoms with Crippen molar-refractivity contribution in [3.05, 3.63) is 24.3 Å². The van der Waals surface area contributed by atoms with Gasteiger partial charge in [0.15, 0.2) is 0 Å². The molecule has 0 spiro atoms. The third-order valence-corrected chi connectivity index (χ3v) is 14.2. The fraction of sp³-hybridized carbons (Fsp3) is 0.781. The lowest BCUT2D eigenvalue weighted by Crippen LogP contribution is -2.53. The van der Waals surface area contributed by atoms with Crippen LogP contribution >= 0.6 is 0 Å². The van der Waals surface area contributed by atoms with Crippen molar-refractivity contribution >= 4 is 16.1 Å². The highest BCUT2D eigenvalue weighted by Crippen LogP contribution is 2.68. The minimum atomic E-state index is -4.06. The normalized spacial score (nSPS) is 37.6. The second-order valence-electron chi connectivity index (χ2n) is 14.0. The van der Waals surface area contributed by atoms with Crippen molar-refractivity contribution in [2.24, 2.45) is 52.1 Å². The predicted molar refractivity (Wildman–Crippen MR) is 155 cm³/mol. The second-order valence-corrected chi connectivity index (χ2v) is 15.8. The minimum Gasteiger partial charge on any atom is -0.497 e. The molecule has 4 aliphatic rings. The summed E-state index contributed by atoms with van der Waals surface area (Å²) in [7, 11) is -2.53. The maximum atomic E-state index is 13.5. The smallest absolute Gasteiger partial charge is 0.328 e. The quantitative estimate of drug-likeness (QED) is 0.382. The van der Waals surface area contributed by atoms with E-state index >= 15 is 0 Å². The molecule has 0 aromatic heterocycles.